The number of amides is 1. The van der Waals surface area contributed by atoms with E-state index in [1.165, 1.54) is 29.5 Å². The fourth-order valence-corrected chi connectivity index (χ4v) is 3.57. The number of carbonyl (C=O) groups excluding carboxylic acids is 1. The van der Waals surface area contributed by atoms with Crippen molar-refractivity contribution in [2.75, 3.05) is 5.32 Å². The lowest BCUT2D eigenvalue weighted by Crippen LogP contribution is -2.14. The zero-order chi connectivity index (χ0) is 18.7. The molecule has 132 valence electrons. The number of nitrogens with zero attached hydrogens (tertiary/aromatic N) is 2. The van der Waals surface area contributed by atoms with Crippen LogP contribution in [0.5, 0.6) is 0 Å². The van der Waals surface area contributed by atoms with E-state index in [1.54, 1.807) is 11.4 Å². The molecule has 0 unspecified atom stereocenters. The van der Waals surface area contributed by atoms with Gasteiger partial charge in [0.25, 0.3) is 5.69 Å². The fraction of sp³-hybridized carbons (Fsp3) is 0.0588. The molecule has 0 aliphatic rings. The molecule has 1 aromatic heterocycles. The Morgan fingerprint density at radius 1 is 1.19 bits per heavy atom. The van der Waals surface area contributed by atoms with Gasteiger partial charge in [0.1, 0.15) is 10.0 Å². The van der Waals surface area contributed by atoms with Crippen molar-refractivity contribution >= 4 is 51.8 Å². The number of aromatic nitrogens is 1. The SMILES string of the molecule is O=C(Cc1csc(-c2ccccc2Cl)n1)Nc1ccc(Cl)c([N+](=O)[O-])c1. The minimum atomic E-state index is -0.603. The zero-order valence-electron chi connectivity index (χ0n) is 13.1. The summed E-state index contributed by atoms with van der Waals surface area (Å²) < 4.78 is 0. The molecule has 0 radical (unpaired) electrons. The second kappa shape index (κ2) is 7.82. The van der Waals surface area contributed by atoms with Crippen LogP contribution in [0.25, 0.3) is 10.6 Å². The molecular weight excluding hydrogens is 397 g/mol. The normalized spacial score (nSPS) is 10.5. The zero-order valence-corrected chi connectivity index (χ0v) is 15.4. The smallest absolute Gasteiger partial charge is 0.289 e. The number of benzene rings is 2. The molecule has 0 aliphatic heterocycles. The Bertz CT molecular complexity index is 991. The molecule has 26 heavy (non-hydrogen) atoms. The van der Waals surface area contributed by atoms with Crippen LogP contribution in [0.2, 0.25) is 10.0 Å². The van der Waals surface area contributed by atoms with Crippen LogP contribution in [0.1, 0.15) is 5.69 Å². The Morgan fingerprint density at radius 2 is 1.96 bits per heavy atom. The third-order valence-corrected chi connectivity index (χ3v) is 5.00. The van der Waals surface area contributed by atoms with E-state index in [9.17, 15) is 14.9 Å². The first-order valence-corrected chi connectivity index (χ1v) is 9.00. The molecule has 0 saturated heterocycles. The van der Waals surface area contributed by atoms with E-state index in [2.05, 4.69) is 10.3 Å². The number of nitrogens with one attached hydrogen (secondary N) is 1. The fourth-order valence-electron chi connectivity index (χ4n) is 2.25. The first kappa shape index (κ1) is 18.3. The van der Waals surface area contributed by atoms with E-state index in [4.69, 9.17) is 23.2 Å². The van der Waals surface area contributed by atoms with Crippen LogP contribution in [-0.4, -0.2) is 15.8 Å². The maximum Gasteiger partial charge on any atom is 0.289 e. The number of anilines is 1. The lowest BCUT2D eigenvalue weighted by Gasteiger charge is -2.04. The number of hydrogen-bond acceptors (Lipinski definition) is 5. The van der Waals surface area contributed by atoms with Crippen LogP contribution in [0, 0.1) is 10.1 Å². The molecule has 3 aromatic rings. The van der Waals surface area contributed by atoms with E-state index in [0.29, 0.717) is 16.4 Å². The first-order chi connectivity index (χ1) is 12.4. The van der Waals surface area contributed by atoms with Crippen LogP contribution < -0.4 is 5.32 Å². The van der Waals surface area contributed by atoms with Crippen molar-refractivity contribution in [1.29, 1.82) is 0 Å². The molecule has 0 atom stereocenters. The van der Waals surface area contributed by atoms with Crippen LogP contribution in [0.15, 0.2) is 47.8 Å². The highest BCUT2D eigenvalue weighted by Gasteiger charge is 2.15. The van der Waals surface area contributed by atoms with E-state index >= 15 is 0 Å². The van der Waals surface area contributed by atoms with E-state index in [-0.39, 0.29) is 23.0 Å². The number of hydrogen-bond donors (Lipinski definition) is 1. The Hall–Kier alpha value is -2.48. The van der Waals surface area contributed by atoms with Crippen molar-refractivity contribution < 1.29 is 9.72 Å². The van der Waals surface area contributed by atoms with Gasteiger partial charge in [0.2, 0.25) is 5.91 Å². The van der Waals surface area contributed by atoms with Gasteiger partial charge in [-0.05, 0) is 18.2 Å². The van der Waals surface area contributed by atoms with Gasteiger partial charge in [-0.3, -0.25) is 14.9 Å². The van der Waals surface area contributed by atoms with Gasteiger partial charge >= 0.3 is 0 Å². The van der Waals surface area contributed by atoms with Crippen LogP contribution in [-0.2, 0) is 11.2 Å². The number of thiazole rings is 1. The van der Waals surface area contributed by atoms with Gasteiger partial charge in [0.05, 0.1) is 22.1 Å². The molecule has 1 heterocycles. The largest absolute Gasteiger partial charge is 0.325 e. The van der Waals surface area contributed by atoms with Gasteiger partial charge in [0, 0.05) is 22.7 Å². The minimum Gasteiger partial charge on any atom is -0.325 e. The number of nitro groups is 1. The summed E-state index contributed by atoms with van der Waals surface area (Å²) in [6.07, 6.45) is 0.0391. The maximum absolute atomic E-state index is 12.2. The molecular formula is C17H11Cl2N3O3S. The highest BCUT2D eigenvalue weighted by atomic mass is 35.5. The number of rotatable bonds is 5. The number of nitro benzene ring substituents is 1. The molecule has 9 heteroatoms. The summed E-state index contributed by atoms with van der Waals surface area (Å²) in [5.74, 6) is -0.336. The Kier molecular flexibility index (Phi) is 5.51. The summed E-state index contributed by atoms with van der Waals surface area (Å²) in [6.45, 7) is 0. The van der Waals surface area contributed by atoms with Gasteiger partial charge < -0.3 is 5.32 Å². The standard InChI is InChI=1S/C17H11Cl2N3O3S/c18-13-4-2-1-3-12(13)17-21-11(9-26-17)8-16(23)20-10-5-6-14(19)15(7-10)22(24)25/h1-7,9H,8H2,(H,20,23). The summed E-state index contributed by atoms with van der Waals surface area (Å²) in [5.41, 5.74) is 1.43. The molecule has 0 saturated carbocycles. The van der Waals surface area contributed by atoms with Gasteiger partial charge in [-0.25, -0.2) is 4.98 Å². The van der Waals surface area contributed by atoms with Crippen molar-refractivity contribution in [1.82, 2.24) is 4.98 Å². The van der Waals surface area contributed by atoms with Crippen LogP contribution >= 0.6 is 34.5 Å². The van der Waals surface area contributed by atoms with Gasteiger partial charge in [0.15, 0.2) is 0 Å². The second-order valence-electron chi connectivity index (χ2n) is 5.27. The van der Waals surface area contributed by atoms with Crippen LogP contribution in [0.4, 0.5) is 11.4 Å². The van der Waals surface area contributed by atoms with Crippen molar-refractivity contribution in [3.63, 3.8) is 0 Å². The van der Waals surface area contributed by atoms with E-state index in [0.717, 1.165) is 10.6 Å². The summed E-state index contributed by atoms with van der Waals surface area (Å²) >= 11 is 13.3. The van der Waals surface area contributed by atoms with E-state index < -0.39 is 4.92 Å². The van der Waals surface area contributed by atoms with Crippen molar-refractivity contribution in [3.05, 3.63) is 73.7 Å². The molecule has 1 N–H and O–H groups in total. The third-order valence-electron chi connectivity index (χ3n) is 3.42. The Morgan fingerprint density at radius 3 is 2.69 bits per heavy atom. The Balaban J connectivity index is 1.71. The Labute approximate surface area is 162 Å². The second-order valence-corrected chi connectivity index (χ2v) is 6.94. The average Bonchev–Trinajstić information content (AvgIpc) is 3.04. The first-order valence-electron chi connectivity index (χ1n) is 7.37. The van der Waals surface area contributed by atoms with Crippen molar-refractivity contribution in [2.24, 2.45) is 0 Å². The highest BCUT2D eigenvalue weighted by molar-refractivity contribution is 7.13. The topological polar surface area (TPSA) is 85.1 Å². The molecule has 3 rings (SSSR count). The van der Waals surface area contributed by atoms with Crippen molar-refractivity contribution in [3.8, 4) is 10.6 Å². The maximum atomic E-state index is 12.2. The summed E-state index contributed by atoms with van der Waals surface area (Å²) in [4.78, 5) is 26.9. The number of halogens is 2. The molecule has 0 spiro atoms. The molecule has 1 amide bonds. The summed E-state index contributed by atoms with van der Waals surface area (Å²) in [7, 11) is 0. The van der Waals surface area contributed by atoms with Crippen LogP contribution in [0.3, 0.4) is 0 Å². The predicted molar refractivity (Wildman–Crippen MR) is 103 cm³/mol. The molecule has 6 nitrogen and oxygen atoms in total. The number of carbonyl (C=O) groups is 1. The lowest BCUT2D eigenvalue weighted by atomic mass is 10.2. The van der Waals surface area contributed by atoms with Gasteiger partial charge in [-0.2, -0.15) is 0 Å². The summed E-state index contributed by atoms with van der Waals surface area (Å²) in [5, 5.41) is 16.6. The van der Waals surface area contributed by atoms with Gasteiger partial charge in [-0.1, -0.05) is 41.4 Å². The average molecular weight is 408 g/mol. The minimum absolute atomic E-state index is 0.0110. The monoisotopic (exact) mass is 407 g/mol. The van der Waals surface area contributed by atoms with E-state index in [1.807, 2.05) is 18.2 Å². The molecule has 2 aromatic carbocycles. The molecule has 0 bridgehead atoms. The molecule has 0 fully saturated rings. The quantitative estimate of drug-likeness (QED) is 0.464. The molecule has 0 aliphatic carbocycles. The van der Waals surface area contributed by atoms with Gasteiger partial charge in [-0.15, -0.1) is 11.3 Å². The van der Waals surface area contributed by atoms with Crippen molar-refractivity contribution in [2.45, 2.75) is 6.42 Å². The lowest BCUT2D eigenvalue weighted by molar-refractivity contribution is -0.384. The predicted octanol–water partition coefficient (Wildman–Crippen LogP) is 5.21. The summed E-state index contributed by atoms with van der Waals surface area (Å²) in [6, 6.07) is 11.4. The highest BCUT2D eigenvalue weighted by Crippen LogP contribution is 2.30. The third kappa shape index (κ3) is 4.19.